The van der Waals surface area contributed by atoms with Gasteiger partial charge in [-0.3, -0.25) is 0 Å². The lowest BCUT2D eigenvalue weighted by Gasteiger charge is -1.97. The van der Waals surface area contributed by atoms with Crippen LogP contribution in [0.3, 0.4) is 0 Å². The molecule has 0 fully saturated rings. The van der Waals surface area contributed by atoms with Gasteiger partial charge in [0.1, 0.15) is 5.75 Å². The Bertz CT molecular complexity index is 262. The second kappa shape index (κ2) is 2.09. The van der Waals surface area contributed by atoms with E-state index in [0.717, 1.165) is 16.5 Å². The van der Waals surface area contributed by atoms with Gasteiger partial charge >= 0.3 is 0 Å². The molecule has 2 rings (SSSR count). The molecule has 0 radical (unpaired) electrons. The first kappa shape index (κ1) is 5.92. The van der Waals surface area contributed by atoms with Gasteiger partial charge in [0.25, 0.3) is 0 Å². The number of rotatable bonds is 0. The number of benzene rings is 1. The van der Waals surface area contributed by atoms with Gasteiger partial charge in [0.2, 0.25) is 0 Å². The Hall–Kier alpha value is -0.830. The Morgan fingerprint density at radius 1 is 1.50 bits per heavy atom. The van der Waals surface area contributed by atoms with Gasteiger partial charge < -0.3 is 10.4 Å². The van der Waals surface area contributed by atoms with Gasteiger partial charge in [-0.1, -0.05) is 17.8 Å². The highest BCUT2D eigenvalue weighted by Crippen LogP contribution is 2.39. The van der Waals surface area contributed by atoms with Crippen LogP contribution in [0.25, 0.3) is 0 Å². The minimum atomic E-state index is 0.382. The summed E-state index contributed by atoms with van der Waals surface area (Å²) in [5.41, 5.74) is 1.05. The number of hydrogen-bond donors (Lipinski definition) is 2. The number of aromatic hydroxyl groups is 1. The number of anilines is 1. The number of thioether (sulfide) groups is 1. The molecular formula is C7H7NOS. The number of nitrogens with one attached hydrogen (secondary N) is 1. The van der Waals surface area contributed by atoms with Gasteiger partial charge in [-0.15, -0.1) is 0 Å². The van der Waals surface area contributed by atoms with Crippen LogP contribution in [-0.4, -0.2) is 11.0 Å². The topological polar surface area (TPSA) is 32.3 Å². The highest BCUT2D eigenvalue weighted by atomic mass is 32.2. The molecule has 0 aliphatic carbocycles. The van der Waals surface area contributed by atoms with Crippen molar-refractivity contribution < 1.29 is 5.11 Å². The van der Waals surface area contributed by atoms with Crippen LogP contribution in [-0.2, 0) is 0 Å². The molecule has 0 saturated heterocycles. The zero-order valence-electron chi connectivity index (χ0n) is 5.29. The third kappa shape index (κ3) is 0.743. The molecule has 1 heterocycles. The fraction of sp³-hybridized carbons (Fsp3) is 0.143. The Labute approximate surface area is 63.3 Å². The minimum absolute atomic E-state index is 0.382. The first-order valence-corrected chi connectivity index (χ1v) is 4.05. The molecule has 0 unspecified atom stereocenters. The molecule has 1 aromatic rings. The summed E-state index contributed by atoms with van der Waals surface area (Å²) in [5, 5.41) is 12.4. The van der Waals surface area contributed by atoms with Crippen molar-refractivity contribution in [3.63, 3.8) is 0 Å². The van der Waals surface area contributed by atoms with Gasteiger partial charge in [-0.05, 0) is 12.1 Å². The lowest BCUT2D eigenvalue weighted by Crippen LogP contribution is -1.86. The maximum absolute atomic E-state index is 9.27. The molecule has 0 atom stereocenters. The first-order valence-electron chi connectivity index (χ1n) is 3.06. The SMILES string of the molecule is Oc1cccc2c1SCN2. The monoisotopic (exact) mass is 153 g/mol. The summed E-state index contributed by atoms with van der Waals surface area (Å²) in [6, 6.07) is 5.51. The molecule has 3 heteroatoms. The van der Waals surface area contributed by atoms with E-state index in [4.69, 9.17) is 0 Å². The number of phenolic OH excluding ortho intramolecular Hbond substituents is 1. The van der Waals surface area contributed by atoms with E-state index in [1.54, 1.807) is 17.8 Å². The fourth-order valence-corrected chi connectivity index (χ4v) is 1.89. The van der Waals surface area contributed by atoms with Crippen LogP contribution in [0.4, 0.5) is 5.69 Å². The van der Waals surface area contributed by atoms with Crippen LogP contribution in [0.1, 0.15) is 0 Å². The zero-order chi connectivity index (χ0) is 6.97. The molecule has 0 spiro atoms. The Kier molecular flexibility index (Phi) is 1.24. The highest BCUT2D eigenvalue weighted by Gasteiger charge is 2.12. The summed E-state index contributed by atoms with van der Waals surface area (Å²) in [7, 11) is 0. The first-order chi connectivity index (χ1) is 4.88. The van der Waals surface area contributed by atoms with Gasteiger partial charge in [-0.25, -0.2) is 0 Å². The summed E-state index contributed by atoms with van der Waals surface area (Å²) in [5.74, 6) is 1.25. The van der Waals surface area contributed by atoms with Gasteiger partial charge in [0.05, 0.1) is 16.5 Å². The van der Waals surface area contributed by atoms with Crippen LogP contribution in [0.2, 0.25) is 0 Å². The van der Waals surface area contributed by atoms with E-state index < -0.39 is 0 Å². The second-order valence-corrected chi connectivity index (χ2v) is 3.10. The quantitative estimate of drug-likeness (QED) is 0.596. The van der Waals surface area contributed by atoms with Crippen LogP contribution in [0, 0.1) is 0 Å². The number of hydrogen-bond acceptors (Lipinski definition) is 3. The van der Waals surface area contributed by atoms with Crippen molar-refractivity contribution in [2.24, 2.45) is 0 Å². The molecule has 10 heavy (non-hydrogen) atoms. The summed E-state index contributed by atoms with van der Waals surface area (Å²) in [6.45, 7) is 0. The van der Waals surface area contributed by atoms with Crippen molar-refractivity contribution in [1.82, 2.24) is 0 Å². The molecular weight excluding hydrogens is 146 g/mol. The molecule has 1 aliphatic rings. The normalized spacial score (nSPS) is 14.4. The molecule has 0 bridgehead atoms. The van der Waals surface area contributed by atoms with Crippen molar-refractivity contribution in [3.05, 3.63) is 18.2 Å². The van der Waals surface area contributed by atoms with E-state index in [0.29, 0.717) is 5.75 Å². The third-order valence-electron chi connectivity index (χ3n) is 1.47. The Balaban J connectivity index is 2.59. The zero-order valence-corrected chi connectivity index (χ0v) is 6.11. The lowest BCUT2D eigenvalue weighted by atomic mass is 10.3. The van der Waals surface area contributed by atoms with E-state index in [1.807, 2.05) is 12.1 Å². The summed E-state index contributed by atoms with van der Waals surface area (Å²) in [4.78, 5) is 0.975. The van der Waals surface area contributed by atoms with Crippen LogP contribution < -0.4 is 5.32 Å². The summed E-state index contributed by atoms with van der Waals surface area (Å²) >= 11 is 1.63. The fourth-order valence-electron chi connectivity index (χ4n) is 1.00. The Morgan fingerprint density at radius 3 is 3.20 bits per heavy atom. The molecule has 0 aromatic heterocycles. The van der Waals surface area contributed by atoms with Crippen molar-refractivity contribution in [2.75, 3.05) is 11.2 Å². The Morgan fingerprint density at radius 2 is 2.40 bits per heavy atom. The minimum Gasteiger partial charge on any atom is -0.507 e. The maximum atomic E-state index is 9.27. The standard InChI is InChI=1S/C7H7NOS/c9-6-3-1-2-5-7(6)10-4-8-5/h1-3,8-9H,4H2. The van der Waals surface area contributed by atoms with Crippen LogP contribution in [0.5, 0.6) is 5.75 Å². The molecule has 52 valence electrons. The average molecular weight is 153 g/mol. The average Bonchev–Trinajstić information content (AvgIpc) is 2.36. The number of phenols is 1. The largest absolute Gasteiger partial charge is 0.507 e. The molecule has 1 aromatic carbocycles. The second-order valence-electron chi connectivity index (χ2n) is 2.12. The third-order valence-corrected chi connectivity index (χ3v) is 2.48. The van der Waals surface area contributed by atoms with Crippen LogP contribution >= 0.6 is 11.8 Å². The predicted octanol–water partition coefficient (Wildman–Crippen LogP) is 1.87. The summed E-state index contributed by atoms with van der Waals surface area (Å²) < 4.78 is 0. The van der Waals surface area contributed by atoms with Crippen molar-refractivity contribution in [1.29, 1.82) is 0 Å². The van der Waals surface area contributed by atoms with Crippen molar-refractivity contribution in [2.45, 2.75) is 4.90 Å². The van der Waals surface area contributed by atoms with E-state index >= 15 is 0 Å². The van der Waals surface area contributed by atoms with Gasteiger partial charge in [-0.2, -0.15) is 0 Å². The lowest BCUT2D eigenvalue weighted by molar-refractivity contribution is 0.463. The van der Waals surface area contributed by atoms with E-state index in [9.17, 15) is 5.11 Å². The predicted molar refractivity (Wildman–Crippen MR) is 42.5 cm³/mol. The van der Waals surface area contributed by atoms with E-state index in [-0.39, 0.29) is 0 Å². The molecule has 2 nitrogen and oxygen atoms in total. The maximum Gasteiger partial charge on any atom is 0.131 e. The van der Waals surface area contributed by atoms with Crippen LogP contribution in [0.15, 0.2) is 23.1 Å². The van der Waals surface area contributed by atoms with Gasteiger partial charge in [0, 0.05) is 0 Å². The summed E-state index contributed by atoms with van der Waals surface area (Å²) in [6.07, 6.45) is 0. The smallest absolute Gasteiger partial charge is 0.131 e. The van der Waals surface area contributed by atoms with Gasteiger partial charge in [0.15, 0.2) is 0 Å². The molecule has 2 N–H and O–H groups in total. The van der Waals surface area contributed by atoms with E-state index in [1.165, 1.54) is 0 Å². The highest BCUT2D eigenvalue weighted by molar-refractivity contribution is 8.00. The molecule has 1 aliphatic heterocycles. The molecule has 0 amide bonds. The number of fused-ring (bicyclic) bond motifs is 1. The molecule has 0 saturated carbocycles. The van der Waals surface area contributed by atoms with Crippen molar-refractivity contribution >= 4 is 17.4 Å². The van der Waals surface area contributed by atoms with Crippen molar-refractivity contribution in [3.8, 4) is 5.75 Å². The van der Waals surface area contributed by atoms with E-state index in [2.05, 4.69) is 5.32 Å².